The summed E-state index contributed by atoms with van der Waals surface area (Å²) in [5.74, 6) is 0. The second-order valence-electron chi connectivity index (χ2n) is 3.61. The topological polar surface area (TPSA) is 34.1 Å². The summed E-state index contributed by atoms with van der Waals surface area (Å²) in [4.78, 5) is 20.1. The zero-order chi connectivity index (χ0) is 12.5. The molecule has 0 aliphatic heterocycles. The van der Waals surface area contributed by atoms with E-state index in [1.54, 1.807) is 11.3 Å². The molecule has 0 radical (unpaired) electrons. The van der Waals surface area contributed by atoms with Crippen LogP contribution in [-0.2, 0) is 4.79 Å². The molecule has 2 rings (SSSR count). The summed E-state index contributed by atoms with van der Waals surface area (Å²) in [5, 5.41) is 2.95. The Bertz CT molecular complexity index is 474. The van der Waals surface area contributed by atoms with E-state index in [1.165, 1.54) is 4.70 Å². The van der Waals surface area contributed by atoms with Crippen molar-refractivity contribution in [2.75, 3.05) is 0 Å². The van der Waals surface area contributed by atoms with Crippen LogP contribution in [-0.4, -0.2) is 12.6 Å². The third kappa shape index (κ3) is 4.11. The van der Waals surface area contributed by atoms with Gasteiger partial charge in [-0.25, -0.2) is 0 Å². The van der Waals surface area contributed by atoms with E-state index in [0.29, 0.717) is 0 Å². The monoisotopic (exact) mass is 248 g/mol. The van der Waals surface area contributed by atoms with E-state index in [4.69, 9.17) is 0 Å². The van der Waals surface area contributed by atoms with Gasteiger partial charge in [0.2, 0.25) is 0 Å². The third-order valence-electron chi connectivity index (χ3n) is 2.31. The smallest absolute Gasteiger partial charge is 0.151 e. The van der Waals surface area contributed by atoms with Crippen molar-refractivity contribution in [1.29, 1.82) is 0 Å². The lowest BCUT2D eigenvalue weighted by Crippen LogP contribution is -1.72. The fourth-order valence-corrected chi connectivity index (χ4v) is 2.28. The van der Waals surface area contributed by atoms with E-state index in [9.17, 15) is 9.59 Å². The van der Waals surface area contributed by atoms with Gasteiger partial charge in [0, 0.05) is 27.5 Å². The van der Waals surface area contributed by atoms with E-state index < -0.39 is 0 Å². The summed E-state index contributed by atoms with van der Waals surface area (Å²) in [7, 11) is 0. The average Bonchev–Trinajstić information content (AvgIpc) is 2.80. The quantitative estimate of drug-likeness (QED) is 0.603. The Balaban J connectivity index is 0.000000209. The van der Waals surface area contributed by atoms with Crippen molar-refractivity contribution in [3.8, 4) is 0 Å². The predicted octanol–water partition coefficient (Wildman–Crippen LogP) is 4.09. The lowest BCUT2D eigenvalue weighted by atomic mass is 10.2. The zero-order valence-electron chi connectivity index (χ0n) is 9.89. The first-order valence-corrected chi connectivity index (χ1v) is 6.56. The SMILES string of the molecule is CCCCC=O.O=Cc1csc2ccccc12. The molecule has 0 aliphatic carbocycles. The molecule has 0 unspecified atom stereocenters. The van der Waals surface area contributed by atoms with Crippen molar-refractivity contribution in [2.45, 2.75) is 26.2 Å². The molecule has 0 spiro atoms. The molecular weight excluding hydrogens is 232 g/mol. The Hall–Kier alpha value is -1.48. The van der Waals surface area contributed by atoms with Crippen LogP contribution in [0.4, 0.5) is 0 Å². The maximum Gasteiger partial charge on any atom is 0.151 e. The van der Waals surface area contributed by atoms with Crippen LogP contribution in [0.5, 0.6) is 0 Å². The highest BCUT2D eigenvalue weighted by Gasteiger charge is 1.99. The number of fused-ring (bicyclic) bond motifs is 1. The van der Waals surface area contributed by atoms with Gasteiger partial charge in [-0.3, -0.25) is 4.79 Å². The number of aldehydes is 2. The van der Waals surface area contributed by atoms with Crippen LogP contribution in [0.2, 0.25) is 0 Å². The summed E-state index contributed by atoms with van der Waals surface area (Å²) < 4.78 is 1.18. The highest BCUT2D eigenvalue weighted by atomic mass is 32.1. The average molecular weight is 248 g/mol. The van der Waals surface area contributed by atoms with Gasteiger partial charge in [-0.2, -0.15) is 0 Å². The molecule has 1 aromatic carbocycles. The second-order valence-corrected chi connectivity index (χ2v) is 4.53. The van der Waals surface area contributed by atoms with E-state index in [0.717, 1.165) is 42.8 Å². The standard InChI is InChI=1S/C9H6OS.C5H10O/c10-5-7-6-11-9-4-2-1-3-8(7)9;1-2-3-4-5-6/h1-6H;5H,2-4H2,1H3. The maximum absolute atomic E-state index is 10.5. The van der Waals surface area contributed by atoms with Crippen LogP contribution < -0.4 is 0 Å². The van der Waals surface area contributed by atoms with Crippen LogP contribution >= 0.6 is 11.3 Å². The van der Waals surface area contributed by atoms with E-state index >= 15 is 0 Å². The van der Waals surface area contributed by atoms with Crippen LogP contribution in [0, 0.1) is 0 Å². The molecule has 2 nitrogen and oxygen atoms in total. The van der Waals surface area contributed by atoms with E-state index in [1.807, 2.05) is 29.6 Å². The fraction of sp³-hybridized carbons (Fsp3) is 0.286. The second kappa shape index (κ2) is 7.74. The molecule has 1 aromatic heterocycles. The molecule has 0 saturated carbocycles. The number of thiophene rings is 1. The number of hydrogen-bond donors (Lipinski definition) is 0. The van der Waals surface area contributed by atoms with Gasteiger partial charge in [0.1, 0.15) is 6.29 Å². The molecule has 0 aliphatic rings. The molecule has 0 bridgehead atoms. The Morgan fingerprint density at radius 3 is 2.59 bits per heavy atom. The maximum atomic E-state index is 10.5. The number of hydrogen-bond acceptors (Lipinski definition) is 3. The third-order valence-corrected chi connectivity index (χ3v) is 3.30. The Morgan fingerprint density at radius 2 is 2.00 bits per heavy atom. The highest BCUT2D eigenvalue weighted by Crippen LogP contribution is 2.23. The molecule has 90 valence electrons. The molecule has 2 aromatic rings. The number of carbonyl (C=O) groups excluding carboxylic acids is 2. The van der Waals surface area contributed by atoms with Gasteiger partial charge in [-0.05, 0) is 12.5 Å². The molecule has 0 atom stereocenters. The summed E-state index contributed by atoms with van der Waals surface area (Å²) in [6, 6.07) is 7.91. The Kier molecular flexibility index (Phi) is 6.18. The lowest BCUT2D eigenvalue weighted by Gasteiger charge is -1.86. The van der Waals surface area contributed by atoms with Crippen molar-refractivity contribution >= 4 is 34.0 Å². The van der Waals surface area contributed by atoms with Gasteiger partial charge < -0.3 is 4.79 Å². The normalized spacial score (nSPS) is 9.47. The molecule has 0 amide bonds. The van der Waals surface area contributed by atoms with Gasteiger partial charge in [0.25, 0.3) is 0 Å². The van der Waals surface area contributed by atoms with Crippen LogP contribution in [0.3, 0.4) is 0 Å². The largest absolute Gasteiger partial charge is 0.303 e. The van der Waals surface area contributed by atoms with Crippen molar-refractivity contribution in [3.63, 3.8) is 0 Å². The first kappa shape index (κ1) is 13.6. The van der Waals surface area contributed by atoms with Crippen molar-refractivity contribution < 1.29 is 9.59 Å². The minimum atomic E-state index is 0.733. The number of unbranched alkanes of at least 4 members (excludes halogenated alkanes) is 2. The first-order chi connectivity index (χ1) is 8.33. The van der Waals surface area contributed by atoms with E-state index in [-0.39, 0.29) is 0 Å². The summed E-state index contributed by atoms with van der Waals surface area (Å²) in [6.45, 7) is 2.07. The highest BCUT2D eigenvalue weighted by molar-refractivity contribution is 7.17. The number of benzene rings is 1. The minimum absolute atomic E-state index is 0.733. The predicted molar refractivity (Wildman–Crippen MR) is 72.8 cm³/mol. The van der Waals surface area contributed by atoms with Crippen molar-refractivity contribution in [3.05, 3.63) is 35.2 Å². The van der Waals surface area contributed by atoms with Gasteiger partial charge in [0.05, 0.1) is 0 Å². The molecule has 0 N–H and O–H groups in total. The summed E-state index contributed by atoms with van der Waals surface area (Å²) >= 11 is 1.61. The molecule has 3 heteroatoms. The molecule has 0 saturated heterocycles. The molecule has 1 heterocycles. The van der Waals surface area contributed by atoms with Gasteiger partial charge in [-0.15, -0.1) is 11.3 Å². The number of carbonyl (C=O) groups is 2. The summed E-state index contributed by atoms with van der Waals surface area (Å²) in [5.41, 5.74) is 0.797. The molecule has 0 fully saturated rings. The van der Waals surface area contributed by atoms with Gasteiger partial charge in [-0.1, -0.05) is 31.5 Å². The van der Waals surface area contributed by atoms with Crippen molar-refractivity contribution in [2.24, 2.45) is 0 Å². The Labute approximate surface area is 105 Å². The molecule has 17 heavy (non-hydrogen) atoms. The van der Waals surface area contributed by atoms with Crippen molar-refractivity contribution in [1.82, 2.24) is 0 Å². The number of rotatable bonds is 4. The summed E-state index contributed by atoms with van der Waals surface area (Å²) in [6.07, 6.45) is 4.76. The Morgan fingerprint density at radius 1 is 1.24 bits per heavy atom. The van der Waals surface area contributed by atoms with E-state index in [2.05, 4.69) is 6.92 Å². The zero-order valence-corrected chi connectivity index (χ0v) is 10.7. The van der Waals surface area contributed by atoms with Gasteiger partial charge in [0.15, 0.2) is 6.29 Å². The van der Waals surface area contributed by atoms with Gasteiger partial charge >= 0.3 is 0 Å². The van der Waals surface area contributed by atoms with Crippen LogP contribution in [0.15, 0.2) is 29.6 Å². The first-order valence-electron chi connectivity index (χ1n) is 5.68. The fourth-order valence-electron chi connectivity index (χ4n) is 1.38. The lowest BCUT2D eigenvalue weighted by molar-refractivity contribution is -0.107. The van der Waals surface area contributed by atoms with Crippen LogP contribution in [0.25, 0.3) is 10.1 Å². The van der Waals surface area contributed by atoms with Crippen LogP contribution in [0.1, 0.15) is 36.5 Å². The minimum Gasteiger partial charge on any atom is -0.303 e. The molecular formula is C14H16O2S.